The van der Waals surface area contributed by atoms with Crippen LogP contribution in [0.4, 0.5) is 5.82 Å². The molecular formula is C11H5Cl3N4O2S. The first-order valence-corrected chi connectivity index (χ1v) is 7.85. The highest BCUT2D eigenvalue weighted by molar-refractivity contribution is 7.92. The van der Waals surface area contributed by atoms with E-state index in [1.54, 1.807) is 0 Å². The van der Waals surface area contributed by atoms with Gasteiger partial charge in [-0.2, -0.15) is 5.26 Å². The Labute approximate surface area is 135 Å². The molecule has 0 fully saturated rings. The second kappa shape index (κ2) is 6.03. The molecule has 2 aromatic rings. The number of halogens is 3. The zero-order chi connectivity index (χ0) is 15.6. The van der Waals surface area contributed by atoms with E-state index in [9.17, 15) is 8.42 Å². The van der Waals surface area contributed by atoms with E-state index in [0.717, 1.165) is 6.33 Å². The van der Waals surface area contributed by atoms with Gasteiger partial charge in [0, 0.05) is 0 Å². The number of sulfonamides is 1. The topological polar surface area (TPSA) is 95.7 Å². The molecule has 1 N–H and O–H groups in total. The molecule has 21 heavy (non-hydrogen) atoms. The summed E-state index contributed by atoms with van der Waals surface area (Å²) in [5.41, 5.74) is 0.238. The van der Waals surface area contributed by atoms with Gasteiger partial charge in [0.2, 0.25) is 0 Å². The van der Waals surface area contributed by atoms with E-state index in [4.69, 9.17) is 40.1 Å². The van der Waals surface area contributed by atoms with Gasteiger partial charge in [-0.15, -0.1) is 0 Å². The van der Waals surface area contributed by atoms with Gasteiger partial charge >= 0.3 is 0 Å². The van der Waals surface area contributed by atoms with Gasteiger partial charge in [0.05, 0.1) is 16.7 Å². The predicted octanol–water partition coefficient (Wildman–Crippen LogP) is 3.11. The highest BCUT2D eigenvalue weighted by atomic mass is 35.5. The molecule has 0 atom stereocenters. The molecule has 0 spiro atoms. The van der Waals surface area contributed by atoms with Crippen LogP contribution in [-0.2, 0) is 10.0 Å². The normalized spacial score (nSPS) is 11.0. The van der Waals surface area contributed by atoms with Crippen molar-refractivity contribution in [2.24, 2.45) is 0 Å². The quantitative estimate of drug-likeness (QED) is 0.845. The molecule has 108 valence electrons. The molecule has 0 bridgehead atoms. The predicted molar refractivity (Wildman–Crippen MR) is 79.0 cm³/mol. The van der Waals surface area contributed by atoms with Crippen molar-refractivity contribution < 1.29 is 8.42 Å². The fourth-order valence-electron chi connectivity index (χ4n) is 1.39. The van der Waals surface area contributed by atoms with Crippen LogP contribution in [0.1, 0.15) is 5.56 Å². The molecule has 1 aromatic carbocycles. The average molecular weight is 364 g/mol. The summed E-state index contributed by atoms with van der Waals surface area (Å²) in [7, 11) is -4.03. The Morgan fingerprint density at radius 1 is 1.19 bits per heavy atom. The van der Waals surface area contributed by atoms with Gasteiger partial charge in [-0.3, -0.25) is 4.72 Å². The maximum atomic E-state index is 12.2. The maximum Gasteiger partial charge on any atom is 0.264 e. The summed E-state index contributed by atoms with van der Waals surface area (Å²) in [5.74, 6) is -0.169. The van der Waals surface area contributed by atoms with Crippen LogP contribution in [0.15, 0.2) is 29.4 Å². The first-order chi connectivity index (χ1) is 9.85. The molecular weight excluding hydrogens is 359 g/mol. The monoisotopic (exact) mass is 362 g/mol. The number of nitriles is 1. The zero-order valence-corrected chi connectivity index (χ0v) is 13.1. The first-order valence-electron chi connectivity index (χ1n) is 5.23. The lowest BCUT2D eigenvalue weighted by Gasteiger charge is -2.10. The summed E-state index contributed by atoms with van der Waals surface area (Å²) in [4.78, 5) is 7.09. The molecule has 10 heteroatoms. The number of rotatable bonds is 3. The molecule has 0 amide bonds. The number of hydrogen-bond donors (Lipinski definition) is 1. The summed E-state index contributed by atoms with van der Waals surface area (Å²) < 4.78 is 26.6. The molecule has 6 nitrogen and oxygen atoms in total. The van der Waals surface area contributed by atoms with Crippen molar-refractivity contribution in [3.8, 4) is 6.07 Å². The summed E-state index contributed by atoms with van der Waals surface area (Å²) >= 11 is 17.4. The Hall–Kier alpha value is -1.59. The number of nitrogens with one attached hydrogen (secondary N) is 1. The molecule has 2 rings (SSSR count). The van der Waals surface area contributed by atoms with Crippen molar-refractivity contribution in [1.82, 2.24) is 9.97 Å². The van der Waals surface area contributed by atoms with Crippen LogP contribution in [0.5, 0.6) is 0 Å². The molecule has 0 saturated heterocycles. The van der Waals surface area contributed by atoms with Crippen molar-refractivity contribution >= 4 is 50.6 Å². The molecule has 0 aliphatic carbocycles. The molecule has 0 radical (unpaired) electrons. The van der Waals surface area contributed by atoms with Crippen LogP contribution in [0.25, 0.3) is 0 Å². The summed E-state index contributed by atoms with van der Waals surface area (Å²) in [6.07, 6.45) is 1.06. The molecule has 1 heterocycles. The lowest BCUT2D eigenvalue weighted by atomic mass is 10.2. The molecule has 0 saturated carbocycles. The molecule has 0 aliphatic heterocycles. The van der Waals surface area contributed by atoms with Crippen LogP contribution in [0.3, 0.4) is 0 Å². The van der Waals surface area contributed by atoms with Crippen molar-refractivity contribution in [3.05, 3.63) is 45.3 Å². The third-order valence-electron chi connectivity index (χ3n) is 2.33. The first kappa shape index (κ1) is 15.8. The van der Waals surface area contributed by atoms with E-state index in [1.807, 2.05) is 6.07 Å². The number of nitrogens with zero attached hydrogens (tertiary/aromatic N) is 3. The lowest BCUT2D eigenvalue weighted by molar-refractivity contribution is 0.601. The highest BCUT2D eigenvalue weighted by Gasteiger charge is 2.21. The summed E-state index contributed by atoms with van der Waals surface area (Å²) in [5, 5.41) is 8.42. The fraction of sp³-hybridized carbons (Fsp3) is 0. The lowest BCUT2D eigenvalue weighted by Crippen LogP contribution is -2.15. The van der Waals surface area contributed by atoms with E-state index < -0.39 is 10.0 Å². The number of aromatic nitrogens is 2. The smallest absolute Gasteiger partial charge is 0.262 e. The second-order valence-electron chi connectivity index (χ2n) is 3.69. The Morgan fingerprint density at radius 3 is 2.52 bits per heavy atom. The van der Waals surface area contributed by atoms with Gasteiger partial charge in [0.1, 0.15) is 16.2 Å². The minimum absolute atomic E-state index is 0.0877. The van der Waals surface area contributed by atoms with E-state index in [-0.39, 0.29) is 31.5 Å². The van der Waals surface area contributed by atoms with E-state index in [1.165, 1.54) is 18.2 Å². The van der Waals surface area contributed by atoms with Crippen LogP contribution in [0, 0.1) is 11.3 Å². The second-order valence-corrected chi connectivity index (χ2v) is 6.48. The van der Waals surface area contributed by atoms with Crippen LogP contribution >= 0.6 is 34.8 Å². The van der Waals surface area contributed by atoms with Crippen molar-refractivity contribution in [1.29, 1.82) is 5.26 Å². The van der Waals surface area contributed by atoms with Gasteiger partial charge in [0.25, 0.3) is 10.0 Å². The Balaban J connectivity index is 2.44. The number of benzene rings is 1. The average Bonchev–Trinajstić information content (AvgIpc) is 2.43. The third-order valence-corrected chi connectivity index (χ3v) is 4.89. The number of anilines is 1. The van der Waals surface area contributed by atoms with Gasteiger partial charge in [-0.05, 0) is 18.2 Å². The van der Waals surface area contributed by atoms with E-state index >= 15 is 0 Å². The highest BCUT2D eigenvalue weighted by Crippen LogP contribution is 2.29. The van der Waals surface area contributed by atoms with E-state index in [0.29, 0.717) is 0 Å². The molecule has 1 aromatic heterocycles. The van der Waals surface area contributed by atoms with E-state index in [2.05, 4.69) is 14.7 Å². The zero-order valence-electron chi connectivity index (χ0n) is 10.0. The Morgan fingerprint density at radius 2 is 1.90 bits per heavy atom. The fourth-order valence-corrected chi connectivity index (χ4v) is 3.29. The minimum Gasteiger partial charge on any atom is -0.262 e. The van der Waals surface area contributed by atoms with Crippen molar-refractivity contribution in [2.75, 3.05) is 4.72 Å². The van der Waals surface area contributed by atoms with Crippen LogP contribution in [-0.4, -0.2) is 18.4 Å². The SMILES string of the molecule is N#Cc1ccc(S(=O)(=O)Nc2ncnc(Cl)c2Cl)c(Cl)c1. The maximum absolute atomic E-state index is 12.2. The van der Waals surface area contributed by atoms with Gasteiger partial charge in [-0.1, -0.05) is 34.8 Å². The van der Waals surface area contributed by atoms with Gasteiger partial charge in [-0.25, -0.2) is 18.4 Å². The largest absolute Gasteiger partial charge is 0.264 e. The summed E-state index contributed by atoms with van der Waals surface area (Å²) in [6, 6.07) is 5.63. The molecule has 0 aliphatic rings. The van der Waals surface area contributed by atoms with Gasteiger partial charge < -0.3 is 0 Å². The standard InChI is InChI=1S/C11H5Cl3N4O2S/c12-7-3-6(4-15)1-2-8(7)21(19,20)18-11-9(13)10(14)16-5-17-11/h1-3,5H,(H,16,17,18). The Kier molecular flexibility index (Phi) is 4.54. The van der Waals surface area contributed by atoms with Gasteiger partial charge in [0.15, 0.2) is 11.0 Å². The minimum atomic E-state index is -4.03. The van der Waals surface area contributed by atoms with Crippen LogP contribution in [0.2, 0.25) is 15.2 Å². The van der Waals surface area contributed by atoms with Crippen LogP contribution < -0.4 is 4.72 Å². The third kappa shape index (κ3) is 3.36. The molecule has 0 unspecified atom stereocenters. The number of hydrogen-bond acceptors (Lipinski definition) is 5. The van der Waals surface area contributed by atoms with Crippen molar-refractivity contribution in [2.45, 2.75) is 4.90 Å². The Bertz CT molecular complexity index is 849. The van der Waals surface area contributed by atoms with Crippen molar-refractivity contribution in [3.63, 3.8) is 0 Å². The summed E-state index contributed by atoms with van der Waals surface area (Å²) in [6.45, 7) is 0.